The predicted molar refractivity (Wildman–Crippen MR) is 168 cm³/mol. The van der Waals surface area contributed by atoms with Crippen molar-refractivity contribution in [1.29, 1.82) is 0 Å². The van der Waals surface area contributed by atoms with E-state index in [1.54, 1.807) is 35.7 Å². The number of aryl methyl sites for hydroxylation is 2. The molecule has 3 aromatic heterocycles. The van der Waals surface area contributed by atoms with E-state index in [1.807, 2.05) is 19.1 Å². The van der Waals surface area contributed by atoms with E-state index in [1.165, 1.54) is 42.0 Å². The third-order valence-corrected chi connectivity index (χ3v) is 9.95. The Hall–Kier alpha value is -4.27. The number of ketones is 1. The van der Waals surface area contributed by atoms with E-state index in [9.17, 15) is 24.2 Å². The second kappa shape index (κ2) is 11.7. The van der Waals surface area contributed by atoms with Gasteiger partial charge in [0.2, 0.25) is 5.13 Å². The number of anilines is 1. The zero-order valence-electron chi connectivity index (χ0n) is 23.4. The lowest BCUT2D eigenvalue weighted by Crippen LogP contribution is -2.29. The van der Waals surface area contributed by atoms with E-state index in [4.69, 9.17) is 4.74 Å². The molecule has 10 nitrogen and oxygen atoms in total. The van der Waals surface area contributed by atoms with Crippen LogP contribution < -0.4 is 9.64 Å². The zero-order chi connectivity index (χ0) is 31.3. The Balaban J connectivity index is 1.48. The number of fused-ring (bicyclic) bond motifs is 1. The van der Waals surface area contributed by atoms with Crippen molar-refractivity contribution in [1.82, 2.24) is 19.6 Å². The molecule has 2 aromatic carbocycles. The summed E-state index contributed by atoms with van der Waals surface area (Å²) in [7, 11) is 1.37. The van der Waals surface area contributed by atoms with Crippen LogP contribution in [0.2, 0.25) is 0 Å². The zero-order valence-corrected chi connectivity index (χ0v) is 26.6. The van der Waals surface area contributed by atoms with Crippen molar-refractivity contribution in [3.63, 3.8) is 0 Å². The van der Waals surface area contributed by atoms with Crippen molar-refractivity contribution in [3.05, 3.63) is 98.7 Å². The number of hydrogen-bond acceptors (Lipinski definition) is 10. The third kappa shape index (κ3) is 5.12. The third-order valence-electron chi connectivity index (χ3n) is 7.22. The Bertz CT molecular complexity index is 1990. The van der Waals surface area contributed by atoms with E-state index in [0.717, 1.165) is 22.5 Å². The molecule has 1 aliphatic heterocycles. The van der Waals surface area contributed by atoms with Gasteiger partial charge < -0.3 is 19.4 Å². The summed E-state index contributed by atoms with van der Waals surface area (Å²) in [5.41, 5.74) is 3.21. The van der Waals surface area contributed by atoms with E-state index < -0.39 is 23.5 Å². The molecule has 2 N–H and O–H groups in total. The highest BCUT2D eigenvalue weighted by Gasteiger charge is 2.49. The van der Waals surface area contributed by atoms with Gasteiger partial charge in [0.1, 0.15) is 17.2 Å². The van der Waals surface area contributed by atoms with Crippen molar-refractivity contribution in [2.45, 2.75) is 30.0 Å². The normalized spacial score (nSPS) is 16.3. The van der Waals surface area contributed by atoms with Gasteiger partial charge in [0, 0.05) is 11.9 Å². The molecule has 0 bridgehead atoms. The smallest absolute Gasteiger partial charge is 0.301 e. The number of benzene rings is 2. The van der Waals surface area contributed by atoms with Crippen molar-refractivity contribution < 1.29 is 28.9 Å². The number of aliphatic hydroxyl groups is 1. The Morgan fingerprint density at radius 3 is 2.61 bits per heavy atom. The molecule has 224 valence electrons. The maximum absolute atomic E-state index is 13.7. The van der Waals surface area contributed by atoms with Crippen LogP contribution in [0.3, 0.4) is 0 Å². The number of rotatable bonds is 7. The van der Waals surface area contributed by atoms with Gasteiger partial charge in [-0.15, -0.1) is 10.2 Å². The molecular formula is C30H23BrFN5O5S2. The fraction of sp³-hybridized carbons (Fsp3) is 0.167. The van der Waals surface area contributed by atoms with Crippen LogP contribution in [-0.4, -0.2) is 48.6 Å². The Labute approximate surface area is 267 Å². The summed E-state index contributed by atoms with van der Waals surface area (Å²) in [6, 6.07) is 11.7. The van der Waals surface area contributed by atoms with E-state index in [2.05, 4.69) is 31.1 Å². The standard InChI is InChI=1S/C30H23BrFN5O5S2/c1-14-5-4-10-36-15(2)22(33-27(14)36)25(39)21-23(17-11-19(31)24(38)20(12-17)42-3)37(28(41)26(21)40)29-34-35-30(44-29)43-13-16-6-8-18(32)9-7-16/h4-12,23,38-39H,13H2,1-3H3. The minimum Gasteiger partial charge on any atom is -0.505 e. The molecule has 1 unspecified atom stereocenters. The van der Waals surface area contributed by atoms with Crippen molar-refractivity contribution >= 4 is 67.3 Å². The van der Waals surface area contributed by atoms with E-state index >= 15 is 0 Å². The number of phenols is 1. The first kappa shape index (κ1) is 29.8. The number of halogens is 2. The number of thioether (sulfide) groups is 1. The molecule has 1 amide bonds. The number of methoxy groups -OCH3 is 1. The van der Waals surface area contributed by atoms with Crippen LogP contribution in [-0.2, 0) is 15.3 Å². The molecule has 44 heavy (non-hydrogen) atoms. The highest BCUT2D eigenvalue weighted by molar-refractivity contribution is 9.10. The number of aromatic nitrogens is 4. The number of Topliss-reactive ketones (excluding diaryl/α,β-unsaturated/α-hetero) is 1. The van der Waals surface area contributed by atoms with Gasteiger partial charge in [-0.3, -0.25) is 14.5 Å². The summed E-state index contributed by atoms with van der Waals surface area (Å²) >= 11 is 5.76. The molecule has 4 heterocycles. The number of imidazole rings is 1. The first-order chi connectivity index (χ1) is 21.1. The number of aromatic hydroxyl groups is 1. The van der Waals surface area contributed by atoms with Crippen LogP contribution in [0.25, 0.3) is 11.4 Å². The Kier molecular flexibility index (Phi) is 7.90. The highest BCUT2D eigenvalue weighted by Crippen LogP contribution is 2.47. The summed E-state index contributed by atoms with van der Waals surface area (Å²) in [5, 5.41) is 30.8. The maximum atomic E-state index is 13.7. The number of amides is 1. The van der Waals surface area contributed by atoms with Gasteiger partial charge in [-0.1, -0.05) is 41.3 Å². The monoisotopic (exact) mass is 695 g/mol. The molecule has 14 heteroatoms. The van der Waals surface area contributed by atoms with Crippen LogP contribution in [0, 0.1) is 19.7 Å². The molecule has 1 atom stereocenters. The van der Waals surface area contributed by atoms with Crippen molar-refractivity contribution in [3.8, 4) is 11.5 Å². The lowest BCUT2D eigenvalue weighted by atomic mass is 9.96. The summed E-state index contributed by atoms with van der Waals surface area (Å²) in [6.45, 7) is 3.64. The quantitative estimate of drug-likeness (QED) is 0.0659. The molecule has 0 saturated carbocycles. The number of carbonyl (C=O) groups is 2. The number of nitrogens with zero attached hydrogens (tertiary/aromatic N) is 5. The lowest BCUT2D eigenvalue weighted by molar-refractivity contribution is -0.132. The highest BCUT2D eigenvalue weighted by atomic mass is 79.9. The van der Waals surface area contributed by atoms with Crippen molar-refractivity contribution in [2.24, 2.45) is 0 Å². The molecule has 5 aromatic rings. The minimum atomic E-state index is -1.16. The summed E-state index contributed by atoms with van der Waals surface area (Å²) in [5.74, 6) is -2.23. The molecule has 1 saturated heterocycles. The van der Waals surface area contributed by atoms with Gasteiger partial charge >= 0.3 is 5.91 Å². The van der Waals surface area contributed by atoms with E-state index in [0.29, 0.717) is 27.0 Å². The summed E-state index contributed by atoms with van der Waals surface area (Å²) < 4.78 is 21.2. The molecular weight excluding hydrogens is 673 g/mol. The predicted octanol–water partition coefficient (Wildman–Crippen LogP) is 6.34. The molecule has 6 rings (SSSR count). The first-order valence-electron chi connectivity index (χ1n) is 13.1. The number of phenolic OH excluding ortho intramolecular Hbond substituents is 1. The fourth-order valence-electron chi connectivity index (χ4n) is 5.01. The lowest BCUT2D eigenvalue weighted by Gasteiger charge is -2.23. The number of carbonyl (C=O) groups excluding carboxylic acids is 2. The van der Waals surface area contributed by atoms with Crippen LogP contribution in [0.5, 0.6) is 11.5 Å². The van der Waals surface area contributed by atoms with Crippen molar-refractivity contribution in [2.75, 3.05) is 12.0 Å². The SMILES string of the molecule is COc1cc(C2C(=C(O)c3nc4c(C)cccn4c3C)C(=O)C(=O)N2c2nnc(SCc3ccc(F)cc3)s2)cc(Br)c1O. The average molecular weight is 697 g/mol. The van der Waals surface area contributed by atoms with Gasteiger partial charge in [0.25, 0.3) is 5.78 Å². The van der Waals surface area contributed by atoms with Gasteiger partial charge in [-0.05, 0) is 76.8 Å². The first-order valence-corrected chi connectivity index (χ1v) is 15.7. The van der Waals surface area contributed by atoms with Gasteiger partial charge in [-0.25, -0.2) is 9.37 Å². The molecule has 0 aliphatic carbocycles. The van der Waals surface area contributed by atoms with Gasteiger partial charge in [-0.2, -0.15) is 0 Å². The van der Waals surface area contributed by atoms with Gasteiger partial charge in [0.05, 0.1) is 28.9 Å². The fourth-order valence-corrected chi connectivity index (χ4v) is 7.29. The minimum absolute atomic E-state index is 0.0901. The molecule has 1 aliphatic rings. The second-order valence-corrected chi connectivity index (χ2v) is 13.0. The number of hydrogen-bond donors (Lipinski definition) is 2. The topological polar surface area (TPSA) is 130 Å². The van der Waals surface area contributed by atoms with Crippen LogP contribution in [0.4, 0.5) is 9.52 Å². The molecule has 0 spiro atoms. The van der Waals surface area contributed by atoms with Crippen LogP contribution >= 0.6 is 39.0 Å². The summed E-state index contributed by atoms with van der Waals surface area (Å²) in [6.07, 6.45) is 1.80. The Morgan fingerprint density at radius 1 is 1.16 bits per heavy atom. The average Bonchev–Trinajstić information content (AvgIpc) is 3.69. The van der Waals surface area contributed by atoms with Crippen LogP contribution in [0.15, 0.2) is 69.1 Å². The second-order valence-electron chi connectivity index (χ2n) is 9.92. The van der Waals surface area contributed by atoms with Gasteiger partial charge in [0.15, 0.2) is 21.6 Å². The maximum Gasteiger partial charge on any atom is 0.301 e. The largest absolute Gasteiger partial charge is 0.505 e. The van der Waals surface area contributed by atoms with E-state index in [-0.39, 0.29) is 38.2 Å². The Morgan fingerprint density at radius 2 is 1.91 bits per heavy atom. The number of aliphatic hydroxyl groups excluding tert-OH is 1. The molecule has 0 radical (unpaired) electrons. The number of pyridine rings is 1. The van der Waals surface area contributed by atoms with Crippen LogP contribution in [0.1, 0.15) is 34.1 Å². The number of ether oxygens (including phenoxy) is 1. The summed E-state index contributed by atoms with van der Waals surface area (Å²) in [4.78, 5) is 33.2. The molecule has 1 fully saturated rings.